The van der Waals surface area contributed by atoms with Gasteiger partial charge in [0.2, 0.25) is 0 Å². The Bertz CT molecular complexity index is 919. The highest BCUT2D eigenvalue weighted by molar-refractivity contribution is 5.99. The van der Waals surface area contributed by atoms with Gasteiger partial charge in [-0.15, -0.1) is 10.2 Å². The molecule has 6 nitrogen and oxygen atoms in total. The molecule has 26 heavy (non-hydrogen) atoms. The average molecular weight is 349 g/mol. The summed E-state index contributed by atoms with van der Waals surface area (Å²) in [4.78, 5) is 14.9. The summed E-state index contributed by atoms with van der Waals surface area (Å²) in [5, 5.41) is 10.9. The number of likely N-dealkylation sites (tertiary alicyclic amines) is 1. The summed E-state index contributed by atoms with van der Waals surface area (Å²) in [7, 11) is 0. The zero-order chi connectivity index (χ0) is 17.9. The van der Waals surface area contributed by atoms with Crippen molar-refractivity contribution in [3.63, 3.8) is 0 Å². The first-order valence-corrected chi connectivity index (χ1v) is 9.07. The van der Waals surface area contributed by atoms with Gasteiger partial charge in [-0.3, -0.25) is 9.20 Å². The van der Waals surface area contributed by atoms with Crippen molar-refractivity contribution in [2.45, 2.75) is 19.3 Å². The number of benzene rings is 1. The molecule has 0 unspecified atom stereocenters. The lowest BCUT2D eigenvalue weighted by Gasteiger charge is -2.17. The van der Waals surface area contributed by atoms with E-state index in [2.05, 4.69) is 51.6 Å². The molecule has 0 spiro atoms. The summed E-state index contributed by atoms with van der Waals surface area (Å²) in [6.45, 7) is 5.82. The fourth-order valence-electron chi connectivity index (χ4n) is 3.79. The lowest BCUT2D eigenvalue weighted by molar-refractivity contribution is 0.0951. The van der Waals surface area contributed by atoms with Gasteiger partial charge in [0.1, 0.15) is 6.33 Å². The first-order valence-electron chi connectivity index (χ1n) is 9.07. The number of nitrogens with zero attached hydrogens (tertiary/aromatic N) is 4. The number of nitrogens with one attached hydrogen (secondary N) is 1. The molecule has 4 rings (SSSR count). The molecule has 3 aromatic rings. The van der Waals surface area contributed by atoms with Crippen LogP contribution in [0, 0.1) is 6.92 Å². The normalized spacial score (nSPS) is 17.7. The topological polar surface area (TPSA) is 62.5 Å². The van der Waals surface area contributed by atoms with E-state index in [4.69, 9.17) is 0 Å². The molecule has 0 radical (unpaired) electrons. The monoisotopic (exact) mass is 349 g/mol. The Labute approximate surface area is 152 Å². The molecule has 1 fully saturated rings. The highest BCUT2D eigenvalue weighted by atomic mass is 16.1. The molecule has 1 N–H and O–H groups in total. The molecular weight excluding hydrogens is 326 g/mol. The second kappa shape index (κ2) is 7.25. The van der Waals surface area contributed by atoms with Gasteiger partial charge in [-0.05, 0) is 49.1 Å². The van der Waals surface area contributed by atoms with Gasteiger partial charge in [-0.25, -0.2) is 0 Å². The molecule has 1 amide bonds. The van der Waals surface area contributed by atoms with E-state index in [0.717, 1.165) is 19.6 Å². The minimum Gasteiger partial charge on any atom is -0.351 e. The van der Waals surface area contributed by atoms with Crippen LogP contribution in [0.2, 0.25) is 0 Å². The van der Waals surface area contributed by atoms with Crippen molar-refractivity contribution in [2.75, 3.05) is 26.2 Å². The third-order valence-electron chi connectivity index (χ3n) is 5.18. The number of aryl methyl sites for hydroxylation is 1. The van der Waals surface area contributed by atoms with Gasteiger partial charge in [-0.2, -0.15) is 0 Å². The van der Waals surface area contributed by atoms with Crippen LogP contribution in [0.25, 0.3) is 5.65 Å². The maximum atomic E-state index is 12.5. The Morgan fingerprint density at radius 1 is 1.27 bits per heavy atom. The van der Waals surface area contributed by atoms with Crippen LogP contribution in [-0.2, 0) is 0 Å². The van der Waals surface area contributed by atoms with E-state index >= 15 is 0 Å². The summed E-state index contributed by atoms with van der Waals surface area (Å²) in [5.74, 6) is 0.495. The van der Waals surface area contributed by atoms with E-state index in [-0.39, 0.29) is 5.91 Å². The van der Waals surface area contributed by atoms with E-state index in [1.807, 2.05) is 12.3 Å². The number of aromatic nitrogens is 3. The van der Waals surface area contributed by atoms with Crippen molar-refractivity contribution in [1.29, 1.82) is 0 Å². The lowest BCUT2D eigenvalue weighted by Crippen LogP contribution is -2.34. The first-order chi connectivity index (χ1) is 12.7. The van der Waals surface area contributed by atoms with E-state index in [1.165, 1.54) is 17.5 Å². The largest absolute Gasteiger partial charge is 0.351 e. The number of hydrogen-bond donors (Lipinski definition) is 1. The van der Waals surface area contributed by atoms with Gasteiger partial charge in [0.15, 0.2) is 5.65 Å². The predicted octanol–water partition coefficient (Wildman–Crippen LogP) is 2.26. The molecule has 0 saturated carbocycles. The maximum Gasteiger partial charge on any atom is 0.255 e. The number of rotatable bonds is 5. The van der Waals surface area contributed by atoms with Crippen LogP contribution in [0.4, 0.5) is 0 Å². The van der Waals surface area contributed by atoms with Crippen LogP contribution in [0.3, 0.4) is 0 Å². The van der Waals surface area contributed by atoms with Crippen molar-refractivity contribution in [1.82, 2.24) is 24.8 Å². The predicted molar refractivity (Wildman–Crippen MR) is 100 cm³/mol. The summed E-state index contributed by atoms with van der Waals surface area (Å²) < 4.78 is 1.75. The van der Waals surface area contributed by atoms with E-state index < -0.39 is 0 Å². The van der Waals surface area contributed by atoms with Crippen LogP contribution in [-0.4, -0.2) is 51.6 Å². The van der Waals surface area contributed by atoms with Crippen molar-refractivity contribution in [3.05, 3.63) is 65.6 Å². The molecule has 0 aliphatic carbocycles. The average Bonchev–Trinajstić information content (AvgIpc) is 3.31. The molecule has 1 aromatic carbocycles. The molecule has 1 atom stereocenters. The first kappa shape index (κ1) is 16.7. The number of pyridine rings is 1. The molecule has 1 saturated heterocycles. The minimum absolute atomic E-state index is 0.0988. The summed E-state index contributed by atoms with van der Waals surface area (Å²) in [6.07, 6.45) is 4.61. The molecule has 6 heteroatoms. The van der Waals surface area contributed by atoms with Crippen molar-refractivity contribution >= 4 is 11.6 Å². The van der Waals surface area contributed by atoms with Crippen molar-refractivity contribution < 1.29 is 4.79 Å². The van der Waals surface area contributed by atoms with Crippen LogP contribution >= 0.6 is 0 Å². The molecule has 1 aliphatic heterocycles. The molecular formula is C20H23N5O. The molecule has 1 aliphatic rings. The number of amides is 1. The molecule has 2 aromatic heterocycles. The summed E-state index contributed by atoms with van der Waals surface area (Å²) in [5.41, 5.74) is 3.97. The fourth-order valence-corrected chi connectivity index (χ4v) is 3.79. The minimum atomic E-state index is -0.0988. The van der Waals surface area contributed by atoms with Crippen LogP contribution < -0.4 is 5.32 Å². The van der Waals surface area contributed by atoms with Gasteiger partial charge >= 0.3 is 0 Å². The third-order valence-corrected chi connectivity index (χ3v) is 5.18. The number of fused-ring (bicyclic) bond motifs is 1. The Morgan fingerprint density at radius 2 is 2.15 bits per heavy atom. The van der Waals surface area contributed by atoms with Crippen molar-refractivity contribution in [2.24, 2.45) is 0 Å². The third kappa shape index (κ3) is 3.32. The zero-order valence-corrected chi connectivity index (χ0v) is 14.9. The Balaban J connectivity index is 1.31. The van der Waals surface area contributed by atoms with Gasteiger partial charge in [0.25, 0.3) is 5.91 Å². The molecule has 0 bridgehead atoms. The van der Waals surface area contributed by atoms with Gasteiger partial charge < -0.3 is 10.2 Å². The smallest absolute Gasteiger partial charge is 0.255 e. The highest BCUT2D eigenvalue weighted by Gasteiger charge is 2.24. The second-order valence-corrected chi connectivity index (χ2v) is 6.88. The highest BCUT2D eigenvalue weighted by Crippen LogP contribution is 2.28. The Kier molecular flexibility index (Phi) is 4.67. The molecule has 3 heterocycles. The maximum absolute atomic E-state index is 12.5. The van der Waals surface area contributed by atoms with Crippen LogP contribution in [0.15, 0.2) is 48.9 Å². The fraction of sp³-hybridized carbons (Fsp3) is 0.350. The van der Waals surface area contributed by atoms with E-state index in [1.54, 1.807) is 16.8 Å². The Morgan fingerprint density at radius 3 is 3.04 bits per heavy atom. The van der Waals surface area contributed by atoms with Crippen molar-refractivity contribution in [3.8, 4) is 0 Å². The molecule has 134 valence electrons. The van der Waals surface area contributed by atoms with Gasteiger partial charge in [0, 0.05) is 25.8 Å². The SMILES string of the molecule is Cc1ccccc1[C@@H]1CCN(CCNC(=O)c2cccn3cnnc23)C1. The lowest BCUT2D eigenvalue weighted by atomic mass is 9.94. The summed E-state index contributed by atoms with van der Waals surface area (Å²) in [6, 6.07) is 12.3. The van der Waals surface area contributed by atoms with Crippen LogP contribution in [0.1, 0.15) is 33.8 Å². The quantitative estimate of drug-likeness (QED) is 0.767. The number of hydrogen-bond acceptors (Lipinski definition) is 4. The van der Waals surface area contributed by atoms with Crippen LogP contribution in [0.5, 0.6) is 0 Å². The Hall–Kier alpha value is -2.73. The van der Waals surface area contributed by atoms with E-state index in [0.29, 0.717) is 23.7 Å². The summed E-state index contributed by atoms with van der Waals surface area (Å²) >= 11 is 0. The number of carbonyl (C=O) groups is 1. The van der Waals surface area contributed by atoms with Gasteiger partial charge in [-0.1, -0.05) is 24.3 Å². The number of carbonyl (C=O) groups excluding carboxylic acids is 1. The standard InChI is InChI=1S/C20H23N5O/c1-15-5-2-3-6-17(15)16-8-11-24(13-16)12-9-21-20(26)18-7-4-10-25-14-22-23-19(18)25/h2-7,10,14,16H,8-9,11-13H2,1H3,(H,21,26)/t16-/m1/s1. The second-order valence-electron chi connectivity index (χ2n) is 6.88. The van der Waals surface area contributed by atoms with Gasteiger partial charge in [0.05, 0.1) is 5.56 Å². The van der Waals surface area contributed by atoms with E-state index in [9.17, 15) is 4.79 Å². The zero-order valence-electron chi connectivity index (χ0n) is 14.9.